The van der Waals surface area contributed by atoms with E-state index in [4.69, 9.17) is 0 Å². The number of likely N-dealkylation sites (tertiary alicyclic amines) is 1. The molecule has 0 radical (unpaired) electrons. The average Bonchev–Trinajstić information content (AvgIpc) is 2.79. The van der Waals surface area contributed by atoms with Gasteiger partial charge >= 0.3 is 0 Å². The number of rotatable bonds is 1. The molecule has 2 aliphatic heterocycles. The number of carbonyl (C=O) groups is 1. The van der Waals surface area contributed by atoms with Crippen molar-refractivity contribution in [1.29, 1.82) is 0 Å². The third-order valence-electron chi connectivity index (χ3n) is 4.40. The van der Waals surface area contributed by atoms with Gasteiger partial charge in [-0.2, -0.15) is 0 Å². The maximum atomic E-state index is 12.7. The first-order valence-corrected chi connectivity index (χ1v) is 7.39. The Labute approximate surface area is 127 Å². The van der Waals surface area contributed by atoms with Gasteiger partial charge in [-0.1, -0.05) is 18.9 Å². The van der Waals surface area contributed by atoms with E-state index < -0.39 is 0 Å². The van der Waals surface area contributed by atoms with Crippen molar-refractivity contribution in [2.75, 3.05) is 6.54 Å². The van der Waals surface area contributed by atoms with Crippen molar-refractivity contribution in [3.63, 3.8) is 0 Å². The van der Waals surface area contributed by atoms with Gasteiger partial charge in [0.25, 0.3) is 5.91 Å². The molecule has 20 heavy (non-hydrogen) atoms. The van der Waals surface area contributed by atoms with Gasteiger partial charge in [0.1, 0.15) is 0 Å². The van der Waals surface area contributed by atoms with Gasteiger partial charge in [0, 0.05) is 31.2 Å². The largest absolute Gasteiger partial charge is 0.336 e. The smallest absolute Gasteiger partial charge is 0.254 e. The second kappa shape index (κ2) is 6.59. The molecule has 0 spiro atoms. The molecule has 2 aliphatic rings. The molecule has 0 aromatic heterocycles. The molecule has 1 atom stereocenters. The van der Waals surface area contributed by atoms with Crippen LogP contribution in [0, 0.1) is 0 Å². The Morgan fingerprint density at radius 1 is 1.20 bits per heavy atom. The maximum Gasteiger partial charge on any atom is 0.254 e. The van der Waals surface area contributed by atoms with Crippen molar-refractivity contribution in [3.05, 3.63) is 34.9 Å². The lowest BCUT2D eigenvalue weighted by molar-refractivity contribution is 0.0698. The molecule has 1 amide bonds. The second-order valence-electron chi connectivity index (χ2n) is 5.78. The maximum absolute atomic E-state index is 12.7. The molecule has 1 N–H and O–H groups in total. The van der Waals surface area contributed by atoms with Gasteiger partial charge in [-0.3, -0.25) is 4.79 Å². The number of hydrogen-bond acceptors (Lipinski definition) is 2. The van der Waals surface area contributed by atoms with Crippen LogP contribution < -0.4 is 5.32 Å². The Morgan fingerprint density at radius 2 is 2.00 bits per heavy atom. The van der Waals surface area contributed by atoms with Crippen LogP contribution in [0.5, 0.6) is 0 Å². The lowest BCUT2D eigenvalue weighted by atomic mass is 10.0. The summed E-state index contributed by atoms with van der Waals surface area (Å²) in [6.45, 7) is 4.92. The van der Waals surface area contributed by atoms with Crippen molar-refractivity contribution in [3.8, 4) is 0 Å². The molecule has 1 unspecified atom stereocenters. The Balaban J connectivity index is 0.00000147. The predicted molar refractivity (Wildman–Crippen MR) is 83.2 cm³/mol. The summed E-state index contributed by atoms with van der Waals surface area (Å²) in [6.07, 6.45) is 4.78. The van der Waals surface area contributed by atoms with Crippen molar-refractivity contribution in [2.45, 2.75) is 51.7 Å². The van der Waals surface area contributed by atoms with Gasteiger partial charge in [-0.15, -0.1) is 12.4 Å². The number of nitrogens with zero attached hydrogens (tertiary/aromatic N) is 1. The first-order valence-electron chi connectivity index (χ1n) is 7.39. The zero-order valence-corrected chi connectivity index (χ0v) is 12.8. The van der Waals surface area contributed by atoms with Crippen LogP contribution in [-0.2, 0) is 13.1 Å². The number of hydrogen-bond donors (Lipinski definition) is 1. The van der Waals surface area contributed by atoms with E-state index in [9.17, 15) is 4.79 Å². The Bertz CT molecular complexity index is 489. The van der Waals surface area contributed by atoms with Crippen LogP contribution in [0.3, 0.4) is 0 Å². The van der Waals surface area contributed by atoms with Crippen LogP contribution in [-0.4, -0.2) is 23.4 Å². The minimum absolute atomic E-state index is 0. The summed E-state index contributed by atoms with van der Waals surface area (Å²) >= 11 is 0. The Kier molecular flexibility index (Phi) is 5.06. The van der Waals surface area contributed by atoms with Gasteiger partial charge in [0.15, 0.2) is 0 Å². The lowest BCUT2D eigenvalue weighted by Gasteiger charge is -2.27. The number of halogens is 1. The topological polar surface area (TPSA) is 32.3 Å². The van der Waals surface area contributed by atoms with E-state index in [1.807, 2.05) is 6.07 Å². The van der Waals surface area contributed by atoms with Crippen LogP contribution in [0.4, 0.5) is 0 Å². The van der Waals surface area contributed by atoms with Crippen LogP contribution in [0.2, 0.25) is 0 Å². The molecule has 1 saturated heterocycles. The quantitative estimate of drug-likeness (QED) is 0.863. The minimum Gasteiger partial charge on any atom is -0.336 e. The highest BCUT2D eigenvalue weighted by atomic mass is 35.5. The number of carbonyl (C=O) groups excluding carboxylic acids is 1. The number of benzene rings is 1. The Hall–Kier alpha value is -1.06. The summed E-state index contributed by atoms with van der Waals surface area (Å²) in [5.41, 5.74) is 3.48. The summed E-state index contributed by atoms with van der Waals surface area (Å²) in [4.78, 5) is 14.7. The SMILES string of the molecule is CC1CCCCCN1C(=O)c1ccc2c(c1)CNC2.Cl. The van der Waals surface area contributed by atoms with E-state index >= 15 is 0 Å². The standard InChI is InChI=1S/C16H22N2O.ClH/c1-12-5-3-2-4-8-18(12)16(19)13-6-7-14-10-17-11-15(14)9-13;/h6-7,9,12,17H,2-5,8,10-11H2,1H3;1H. The molecule has 2 heterocycles. The first-order chi connectivity index (χ1) is 9.25. The molecule has 1 fully saturated rings. The predicted octanol–water partition coefficient (Wildman–Crippen LogP) is 3.12. The van der Waals surface area contributed by atoms with E-state index in [2.05, 4.69) is 29.3 Å². The molecule has 0 bridgehead atoms. The fraction of sp³-hybridized carbons (Fsp3) is 0.562. The molecular weight excluding hydrogens is 272 g/mol. The van der Waals surface area contributed by atoms with Gasteiger partial charge < -0.3 is 10.2 Å². The highest BCUT2D eigenvalue weighted by molar-refractivity contribution is 5.94. The zero-order chi connectivity index (χ0) is 13.2. The molecule has 1 aromatic carbocycles. The third-order valence-corrected chi connectivity index (χ3v) is 4.40. The van der Waals surface area contributed by atoms with Crippen LogP contribution >= 0.6 is 12.4 Å². The Morgan fingerprint density at radius 3 is 2.85 bits per heavy atom. The lowest BCUT2D eigenvalue weighted by Crippen LogP contribution is -2.38. The highest BCUT2D eigenvalue weighted by Gasteiger charge is 2.24. The van der Waals surface area contributed by atoms with E-state index in [-0.39, 0.29) is 18.3 Å². The van der Waals surface area contributed by atoms with Crippen LogP contribution in [0.25, 0.3) is 0 Å². The first kappa shape index (κ1) is 15.3. The van der Waals surface area contributed by atoms with Crippen molar-refractivity contribution in [2.24, 2.45) is 0 Å². The summed E-state index contributed by atoms with van der Waals surface area (Å²) in [5.74, 6) is 0.212. The third kappa shape index (κ3) is 2.99. The summed E-state index contributed by atoms with van der Waals surface area (Å²) in [7, 11) is 0. The normalized spacial score (nSPS) is 21.9. The van der Waals surface area contributed by atoms with E-state index in [0.717, 1.165) is 38.0 Å². The molecular formula is C16H23ClN2O. The van der Waals surface area contributed by atoms with E-state index in [0.29, 0.717) is 6.04 Å². The van der Waals surface area contributed by atoms with E-state index in [1.54, 1.807) is 0 Å². The average molecular weight is 295 g/mol. The fourth-order valence-electron chi connectivity index (χ4n) is 3.17. The summed E-state index contributed by atoms with van der Waals surface area (Å²) in [5, 5.41) is 3.33. The number of amides is 1. The second-order valence-corrected chi connectivity index (χ2v) is 5.78. The van der Waals surface area contributed by atoms with Gasteiger partial charge in [-0.25, -0.2) is 0 Å². The zero-order valence-electron chi connectivity index (χ0n) is 12.0. The monoisotopic (exact) mass is 294 g/mol. The van der Waals surface area contributed by atoms with Gasteiger partial charge in [0.05, 0.1) is 0 Å². The molecule has 1 aromatic rings. The molecule has 3 nitrogen and oxygen atoms in total. The number of fused-ring (bicyclic) bond motifs is 1. The van der Waals surface area contributed by atoms with Crippen LogP contribution in [0.1, 0.15) is 54.1 Å². The summed E-state index contributed by atoms with van der Waals surface area (Å²) < 4.78 is 0. The van der Waals surface area contributed by atoms with Gasteiger partial charge in [-0.05, 0) is 43.0 Å². The molecule has 0 saturated carbocycles. The fourth-order valence-corrected chi connectivity index (χ4v) is 3.17. The van der Waals surface area contributed by atoms with E-state index in [1.165, 1.54) is 24.0 Å². The van der Waals surface area contributed by atoms with Crippen molar-refractivity contribution >= 4 is 18.3 Å². The molecule has 4 heteroatoms. The highest BCUT2D eigenvalue weighted by Crippen LogP contribution is 2.22. The van der Waals surface area contributed by atoms with Gasteiger partial charge in [0.2, 0.25) is 0 Å². The molecule has 3 rings (SSSR count). The minimum atomic E-state index is 0. The number of nitrogens with one attached hydrogen (secondary N) is 1. The molecule has 0 aliphatic carbocycles. The van der Waals surface area contributed by atoms with Crippen molar-refractivity contribution in [1.82, 2.24) is 10.2 Å². The van der Waals surface area contributed by atoms with Crippen molar-refractivity contribution < 1.29 is 4.79 Å². The summed E-state index contributed by atoms with van der Waals surface area (Å²) in [6, 6.07) is 6.55. The van der Waals surface area contributed by atoms with Crippen LogP contribution in [0.15, 0.2) is 18.2 Å². The molecule has 110 valence electrons.